The predicted octanol–water partition coefficient (Wildman–Crippen LogP) is 4.66. The molecule has 3 nitrogen and oxygen atoms in total. The van der Waals surface area contributed by atoms with Crippen molar-refractivity contribution in [1.82, 2.24) is 4.57 Å². The van der Waals surface area contributed by atoms with Crippen LogP contribution in [-0.4, -0.2) is 4.57 Å². The number of rotatable bonds is 1. The number of hydrogen-bond donors (Lipinski definition) is 0. The van der Waals surface area contributed by atoms with Gasteiger partial charge in [-0.25, -0.2) is 4.79 Å². The molecule has 2 aromatic carbocycles. The molecule has 0 bridgehead atoms. The van der Waals surface area contributed by atoms with Gasteiger partial charge in [0.1, 0.15) is 5.58 Å². The van der Waals surface area contributed by atoms with Gasteiger partial charge in [-0.2, -0.15) is 0 Å². The molecule has 0 N–H and O–H groups in total. The number of nitrogens with zero attached hydrogens (tertiary/aromatic N) is 1. The highest BCUT2D eigenvalue weighted by atomic mass is 16.4. The van der Waals surface area contributed by atoms with E-state index in [4.69, 9.17) is 4.42 Å². The zero-order valence-electron chi connectivity index (χ0n) is 13.4. The van der Waals surface area contributed by atoms with Crippen molar-refractivity contribution in [2.75, 3.05) is 0 Å². The van der Waals surface area contributed by atoms with Crippen molar-refractivity contribution in [3.63, 3.8) is 0 Å². The van der Waals surface area contributed by atoms with Crippen molar-refractivity contribution in [3.8, 4) is 5.69 Å². The first-order chi connectivity index (χ1) is 11.0. The molecule has 0 amide bonds. The third-order valence-electron chi connectivity index (χ3n) is 4.23. The molecule has 0 saturated carbocycles. The molecule has 0 aliphatic carbocycles. The maximum absolute atomic E-state index is 12.4. The molecule has 0 aliphatic heterocycles. The monoisotopic (exact) mass is 303 g/mol. The van der Waals surface area contributed by atoms with Gasteiger partial charge in [0.25, 0.3) is 0 Å². The van der Waals surface area contributed by atoms with Gasteiger partial charge in [-0.05, 0) is 61.7 Å². The number of fused-ring (bicyclic) bond motifs is 3. The Morgan fingerprint density at radius 1 is 0.957 bits per heavy atom. The van der Waals surface area contributed by atoms with Crippen LogP contribution in [-0.2, 0) is 0 Å². The molecule has 4 rings (SSSR count). The van der Waals surface area contributed by atoms with Crippen LogP contribution in [0.2, 0.25) is 0 Å². The van der Waals surface area contributed by atoms with E-state index >= 15 is 0 Å². The minimum absolute atomic E-state index is 0.278. The van der Waals surface area contributed by atoms with Crippen LogP contribution in [0.5, 0.6) is 0 Å². The van der Waals surface area contributed by atoms with E-state index in [1.54, 1.807) is 0 Å². The quantitative estimate of drug-likeness (QED) is 0.479. The van der Waals surface area contributed by atoms with Gasteiger partial charge in [-0.1, -0.05) is 18.2 Å². The lowest BCUT2D eigenvalue weighted by molar-refractivity contribution is 0.569. The van der Waals surface area contributed by atoms with Crippen LogP contribution in [0.1, 0.15) is 16.7 Å². The van der Waals surface area contributed by atoms with Crippen LogP contribution in [0.4, 0.5) is 0 Å². The number of benzene rings is 2. The van der Waals surface area contributed by atoms with Crippen LogP contribution in [0, 0.1) is 20.8 Å². The Balaban J connectivity index is 2.22. The van der Waals surface area contributed by atoms with Crippen molar-refractivity contribution < 1.29 is 4.42 Å². The lowest BCUT2D eigenvalue weighted by Gasteiger charge is -2.09. The fraction of sp³-hybridized carbons (Fsp3) is 0.150. The second-order valence-corrected chi connectivity index (χ2v) is 6.14. The summed E-state index contributed by atoms with van der Waals surface area (Å²) in [5, 5.41) is 1.61. The summed E-state index contributed by atoms with van der Waals surface area (Å²) in [6.07, 6.45) is 2.02. The maximum Gasteiger partial charge on any atom is 0.346 e. The zero-order valence-corrected chi connectivity index (χ0v) is 13.4. The zero-order chi connectivity index (χ0) is 16.1. The molecule has 114 valence electrons. The average Bonchev–Trinajstić information content (AvgIpc) is 2.85. The minimum atomic E-state index is -0.278. The SMILES string of the molecule is Cc1cc(C)cc(-n2cc(C)c3c(=O)oc4ccccc4c32)c1. The Kier molecular flexibility index (Phi) is 2.91. The fourth-order valence-electron chi connectivity index (χ4n) is 3.35. The van der Waals surface area contributed by atoms with Gasteiger partial charge in [0.2, 0.25) is 0 Å². The van der Waals surface area contributed by atoms with E-state index in [1.807, 2.05) is 37.4 Å². The fourth-order valence-corrected chi connectivity index (χ4v) is 3.35. The van der Waals surface area contributed by atoms with Gasteiger partial charge in [0.05, 0.1) is 10.9 Å². The van der Waals surface area contributed by atoms with E-state index < -0.39 is 0 Å². The van der Waals surface area contributed by atoms with Crippen molar-refractivity contribution >= 4 is 21.9 Å². The Morgan fingerprint density at radius 3 is 2.39 bits per heavy atom. The number of aromatic nitrogens is 1. The van der Waals surface area contributed by atoms with E-state index in [0.29, 0.717) is 11.0 Å². The molecule has 0 saturated heterocycles. The summed E-state index contributed by atoms with van der Waals surface area (Å²) in [7, 11) is 0. The lowest BCUT2D eigenvalue weighted by Crippen LogP contribution is -2.01. The standard InChI is InChI=1S/C20H17NO2/c1-12-8-13(2)10-15(9-12)21-11-14(3)18-19(21)16-6-4-5-7-17(16)23-20(18)22/h4-11H,1-3H3. The maximum atomic E-state index is 12.4. The molecule has 3 heteroatoms. The van der Waals surface area contributed by atoms with Crippen molar-refractivity contribution in [1.29, 1.82) is 0 Å². The van der Waals surface area contributed by atoms with E-state index in [1.165, 1.54) is 11.1 Å². The Morgan fingerprint density at radius 2 is 1.65 bits per heavy atom. The highest BCUT2D eigenvalue weighted by molar-refractivity contribution is 6.04. The molecule has 0 spiro atoms. The number of hydrogen-bond acceptors (Lipinski definition) is 2. The molecule has 2 aromatic heterocycles. The largest absolute Gasteiger partial charge is 0.422 e. The van der Waals surface area contributed by atoms with E-state index in [2.05, 4.69) is 36.6 Å². The summed E-state index contributed by atoms with van der Waals surface area (Å²) >= 11 is 0. The average molecular weight is 303 g/mol. The molecule has 0 radical (unpaired) electrons. The summed E-state index contributed by atoms with van der Waals surface area (Å²) in [5.41, 5.74) is 5.65. The van der Waals surface area contributed by atoms with Crippen molar-refractivity contribution in [2.24, 2.45) is 0 Å². The molecule has 0 fully saturated rings. The molecule has 2 heterocycles. The second kappa shape index (κ2) is 4.85. The summed E-state index contributed by atoms with van der Waals surface area (Å²) in [5.74, 6) is 0. The molecular formula is C20H17NO2. The molecule has 0 atom stereocenters. The summed E-state index contributed by atoms with van der Waals surface area (Å²) in [6.45, 7) is 6.12. The summed E-state index contributed by atoms with van der Waals surface area (Å²) < 4.78 is 7.58. The Bertz CT molecular complexity index is 1100. The number of para-hydroxylation sites is 1. The van der Waals surface area contributed by atoms with Gasteiger partial charge in [-0.15, -0.1) is 0 Å². The normalized spacial score (nSPS) is 11.4. The summed E-state index contributed by atoms with van der Waals surface area (Å²) in [6, 6.07) is 14.1. The Labute approximate surface area is 133 Å². The topological polar surface area (TPSA) is 35.1 Å². The molecule has 4 aromatic rings. The van der Waals surface area contributed by atoms with E-state index in [-0.39, 0.29) is 5.63 Å². The predicted molar refractivity (Wildman–Crippen MR) is 93.5 cm³/mol. The van der Waals surface area contributed by atoms with Gasteiger partial charge in [0.15, 0.2) is 0 Å². The van der Waals surface area contributed by atoms with Crippen LogP contribution in [0.25, 0.3) is 27.6 Å². The third kappa shape index (κ3) is 2.08. The second-order valence-electron chi connectivity index (χ2n) is 6.14. The van der Waals surface area contributed by atoms with Crippen LogP contribution < -0.4 is 5.63 Å². The van der Waals surface area contributed by atoms with Crippen molar-refractivity contribution in [2.45, 2.75) is 20.8 Å². The van der Waals surface area contributed by atoms with Gasteiger partial charge in [0, 0.05) is 17.3 Å². The highest BCUT2D eigenvalue weighted by Gasteiger charge is 2.16. The van der Waals surface area contributed by atoms with E-state index in [9.17, 15) is 4.79 Å². The van der Waals surface area contributed by atoms with E-state index in [0.717, 1.165) is 22.2 Å². The lowest BCUT2D eigenvalue weighted by atomic mass is 10.1. The van der Waals surface area contributed by atoms with Gasteiger partial charge >= 0.3 is 5.63 Å². The molecule has 0 aliphatic rings. The van der Waals surface area contributed by atoms with Crippen LogP contribution in [0.15, 0.2) is 57.9 Å². The van der Waals surface area contributed by atoms with Gasteiger partial charge in [-0.3, -0.25) is 0 Å². The number of aryl methyl sites for hydroxylation is 3. The Hall–Kier alpha value is -2.81. The van der Waals surface area contributed by atoms with Crippen molar-refractivity contribution in [3.05, 3.63) is 75.8 Å². The first-order valence-corrected chi connectivity index (χ1v) is 7.67. The molecule has 0 unspecified atom stereocenters. The third-order valence-corrected chi connectivity index (χ3v) is 4.23. The minimum Gasteiger partial charge on any atom is -0.422 e. The van der Waals surface area contributed by atoms with Crippen LogP contribution in [0.3, 0.4) is 0 Å². The first kappa shape index (κ1) is 13.8. The first-order valence-electron chi connectivity index (χ1n) is 7.67. The smallest absolute Gasteiger partial charge is 0.346 e. The molecule has 23 heavy (non-hydrogen) atoms. The van der Waals surface area contributed by atoms with Gasteiger partial charge < -0.3 is 8.98 Å². The van der Waals surface area contributed by atoms with Crippen LogP contribution >= 0.6 is 0 Å². The summed E-state index contributed by atoms with van der Waals surface area (Å²) in [4.78, 5) is 12.4. The highest BCUT2D eigenvalue weighted by Crippen LogP contribution is 2.29. The molecular weight excluding hydrogens is 286 g/mol.